The number of rotatable bonds is 2. The number of carbonyl (C=O) groups excluding carboxylic acids is 1. The maximum absolute atomic E-state index is 12.3. The molecule has 2 aliphatic rings. The van der Waals surface area contributed by atoms with Crippen molar-refractivity contribution in [3.8, 4) is 11.5 Å². The van der Waals surface area contributed by atoms with Crippen molar-refractivity contribution in [1.29, 1.82) is 0 Å². The van der Waals surface area contributed by atoms with Crippen molar-refractivity contribution in [3.05, 3.63) is 18.2 Å². The van der Waals surface area contributed by atoms with E-state index in [1.54, 1.807) is 0 Å². The van der Waals surface area contributed by atoms with Crippen LogP contribution in [0.4, 0.5) is 5.69 Å². The number of amides is 1. The summed E-state index contributed by atoms with van der Waals surface area (Å²) in [6.45, 7) is 4.73. The predicted octanol–water partition coefficient (Wildman–Crippen LogP) is 1.40. The minimum atomic E-state index is -0.326. The molecular weight excluding hydrogens is 244 g/mol. The molecule has 1 aromatic rings. The van der Waals surface area contributed by atoms with E-state index < -0.39 is 0 Å². The molecule has 3 rings (SSSR count). The normalized spacial score (nSPS) is 25.1. The summed E-state index contributed by atoms with van der Waals surface area (Å²) in [5.41, 5.74) is 0.426. The first kappa shape index (κ1) is 12.3. The summed E-state index contributed by atoms with van der Waals surface area (Å²) in [5.74, 6) is 1.48. The van der Waals surface area contributed by atoms with Crippen molar-refractivity contribution in [2.24, 2.45) is 5.41 Å². The first-order valence-electron chi connectivity index (χ1n) is 6.59. The van der Waals surface area contributed by atoms with Gasteiger partial charge in [0.1, 0.15) is 13.2 Å². The SMILES string of the molecule is CC1(C(=O)Nc2ccc3c(c2)OCCO3)CCNC1. The van der Waals surface area contributed by atoms with Gasteiger partial charge >= 0.3 is 0 Å². The minimum Gasteiger partial charge on any atom is -0.486 e. The topological polar surface area (TPSA) is 59.6 Å². The van der Waals surface area contributed by atoms with Gasteiger partial charge < -0.3 is 20.1 Å². The van der Waals surface area contributed by atoms with E-state index in [-0.39, 0.29) is 11.3 Å². The molecule has 5 heteroatoms. The Balaban J connectivity index is 1.74. The van der Waals surface area contributed by atoms with Crippen molar-refractivity contribution >= 4 is 11.6 Å². The smallest absolute Gasteiger partial charge is 0.231 e. The lowest BCUT2D eigenvalue weighted by Gasteiger charge is -2.23. The van der Waals surface area contributed by atoms with Crippen LogP contribution in [0.5, 0.6) is 11.5 Å². The highest BCUT2D eigenvalue weighted by Crippen LogP contribution is 2.33. The van der Waals surface area contributed by atoms with Crippen LogP contribution in [0.15, 0.2) is 18.2 Å². The van der Waals surface area contributed by atoms with Gasteiger partial charge in [0.2, 0.25) is 5.91 Å². The molecule has 19 heavy (non-hydrogen) atoms. The summed E-state index contributed by atoms with van der Waals surface area (Å²) >= 11 is 0. The molecule has 2 heterocycles. The highest BCUT2D eigenvalue weighted by atomic mass is 16.6. The lowest BCUT2D eigenvalue weighted by atomic mass is 9.89. The molecule has 2 N–H and O–H groups in total. The molecule has 2 aliphatic heterocycles. The van der Waals surface area contributed by atoms with Crippen LogP contribution < -0.4 is 20.1 Å². The standard InChI is InChI=1S/C14H18N2O3/c1-14(4-5-15-9-14)13(17)16-10-2-3-11-12(8-10)19-7-6-18-11/h2-3,8,15H,4-7,9H2,1H3,(H,16,17). The van der Waals surface area contributed by atoms with Gasteiger partial charge in [-0.1, -0.05) is 0 Å². The summed E-state index contributed by atoms with van der Waals surface area (Å²) in [4.78, 5) is 12.3. The quantitative estimate of drug-likeness (QED) is 0.845. The largest absolute Gasteiger partial charge is 0.486 e. The fourth-order valence-corrected chi connectivity index (χ4v) is 2.41. The van der Waals surface area contributed by atoms with Gasteiger partial charge in [-0.05, 0) is 32.0 Å². The van der Waals surface area contributed by atoms with E-state index in [1.807, 2.05) is 25.1 Å². The summed E-state index contributed by atoms with van der Waals surface area (Å²) in [6.07, 6.45) is 0.864. The van der Waals surface area contributed by atoms with Crippen LogP contribution in [0.2, 0.25) is 0 Å². The highest BCUT2D eigenvalue weighted by Gasteiger charge is 2.36. The fraction of sp³-hybridized carbons (Fsp3) is 0.500. The van der Waals surface area contributed by atoms with Crippen LogP contribution in [0.25, 0.3) is 0 Å². The number of carbonyl (C=O) groups is 1. The maximum atomic E-state index is 12.3. The number of benzene rings is 1. The van der Waals surface area contributed by atoms with E-state index in [0.29, 0.717) is 19.0 Å². The molecule has 1 fully saturated rings. The first-order chi connectivity index (χ1) is 9.17. The molecule has 1 saturated heterocycles. The molecule has 0 aromatic heterocycles. The Bertz CT molecular complexity index is 495. The Morgan fingerprint density at radius 1 is 1.32 bits per heavy atom. The van der Waals surface area contributed by atoms with Crippen LogP contribution in [0.3, 0.4) is 0 Å². The van der Waals surface area contributed by atoms with E-state index in [0.717, 1.165) is 30.9 Å². The average molecular weight is 262 g/mol. The van der Waals surface area contributed by atoms with Crippen molar-refractivity contribution in [2.75, 3.05) is 31.6 Å². The fourth-order valence-electron chi connectivity index (χ4n) is 2.41. The average Bonchev–Trinajstić information content (AvgIpc) is 2.87. The van der Waals surface area contributed by atoms with Crippen LogP contribution in [0, 0.1) is 5.41 Å². The Labute approximate surface area is 112 Å². The number of nitrogens with one attached hydrogen (secondary N) is 2. The van der Waals surface area contributed by atoms with Crippen LogP contribution in [-0.4, -0.2) is 32.2 Å². The van der Waals surface area contributed by atoms with Crippen molar-refractivity contribution in [1.82, 2.24) is 5.32 Å². The summed E-state index contributed by atoms with van der Waals surface area (Å²) in [5, 5.41) is 6.18. The number of ether oxygens (including phenoxy) is 2. The van der Waals surface area contributed by atoms with Gasteiger partial charge in [-0.25, -0.2) is 0 Å². The van der Waals surface area contributed by atoms with E-state index >= 15 is 0 Å². The van der Waals surface area contributed by atoms with Gasteiger partial charge in [0.15, 0.2) is 11.5 Å². The molecule has 0 spiro atoms. The zero-order valence-corrected chi connectivity index (χ0v) is 11.0. The Kier molecular flexibility index (Phi) is 3.06. The summed E-state index contributed by atoms with van der Waals surface area (Å²) < 4.78 is 11.0. The van der Waals surface area contributed by atoms with E-state index in [9.17, 15) is 4.79 Å². The van der Waals surface area contributed by atoms with Crippen LogP contribution >= 0.6 is 0 Å². The van der Waals surface area contributed by atoms with E-state index in [4.69, 9.17) is 9.47 Å². The molecule has 1 unspecified atom stereocenters. The van der Waals surface area contributed by atoms with E-state index in [1.165, 1.54) is 0 Å². The Hall–Kier alpha value is -1.75. The van der Waals surface area contributed by atoms with E-state index in [2.05, 4.69) is 10.6 Å². The summed E-state index contributed by atoms with van der Waals surface area (Å²) in [6, 6.07) is 5.49. The van der Waals surface area contributed by atoms with Gasteiger partial charge in [-0.15, -0.1) is 0 Å². The molecular formula is C14H18N2O3. The van der Waals surface area contributed by atoms with Crippen molar-refractivity contribution < 1.29 is 14.3 Å². The Morgan fingerprint density at radius 3 is 2.84 bits per heavy atom. The first-order valence-corrected chi connectivity index (χ1v) is 6.59. The lowest BCUT2D eigenvalue weighted by Crippen LogP contribution is -2.35. The molecule has 1 atom stereocenters. The number of anilines is 1. The molecule has 0 saturated carbocycles. The number of hydrogen-bond donors (Lipinski definition) is 2. The molecule has 0 radical (unpaired) electrons. The zero-order chi connectivity index (χ0) is 13.3. The molecule has 102 valence electrons. The van der Waals surface area contributed by atoms with Crippen molar-refractivity contribution in [2.45, 2.75) is 13.3 Å². The molecule has 5 nitrogen and oxygen atoms in total. The van der Waals surface area contributed by atoms with Gasteiger partial charge in [-0.2, -0.15) is 0 Å². The highest BCUT2D eigenvalue weighted by molar-refractivity contribution is 5.95. The second-order valence-corrected chi connectivity index (χ2v) is 5.30. The molecule has 0 aliphatic carbocycles. The Morgan fingerprint density at radius 2 is 2.11 bits per heavy atom. The van der Waals surface area contributed by atoms with Crippen LogP contribution in [0.1, 0.15) is 13.3 Å². The lowest BCUT2D eigenvalue weighted by molar-refractivity contribution is -0.123. The monoisotopic (exact) mass is 262 g/mol. The second-order valence-electron chi connectivity index (χ2n) is 5.30. The third-order valence-electron chi connectivity index (χ3n) is 3.72. The second kappa shape index (κ2) is 4.74. The van der Waals surface area contributed by atoms with Crippen LogP contribution in [-0.2, 0) is 4.79 Å². The predicted molar refractivity (Wildman–Crippen MR) is 71.7 cm³/mol. The van der Waals surface area contributed by atoms with Gasteiger partial charge in [0.25, 0.3) is 0 Å². The maximum Gasteiger partial charge on any atom is 0.231 e. The van der Waals surface area contributed by atoms with Gasteiger partial charge in [0.05, 0.1) is 5.41 Å². The molecule has 1 aromatic carbocycles. The molecule has 1 amide bonds. The van der Waals surface area contributed by atoms with Gasteiger partial charge in [0, 0.05) is 18.3 Å². The molecule has 0 bridgehead atoms. The third-order valence-corrected chi connectivity index (χ3v) is 3.72. The van der Waals surface area contributed by atoms with Crippen molar-refractivity contribution in [3.63, 3.8) is 0 Å². The number of hydrogen-bond acceptors (Lipinski definition) is 4. The van der Waals surface area contributed by atoms with Gasteiger partial charge in [-0.3, -0.25) is 4.79 Å². The third kappa shape index (κ3) is 2.38. The zero-order valence-electron chi connectivity index (χ0n) is 11.0. The summed E-state index contributed by atoms with van der Waals surface area (Å²) in [7, 11) is 0. The number of fused-ring (bicyclic) bond motifs is 1. The minimum absolute atomic E-state index is 0.0502.